The Morgan fingerprint density at radius 2 is 2.00 bits per heavy atom. The zero-order chi connectivity index (χ0) is 15.7. The Morgan fingerprint density at radius 1 is 1.33 bits per heavy atom. The molecule has 0 aromatic heterocycles. The number of esters is 1. The molecule has 1 aromatic rings. The Hall–Kier alpha value is -2.04. The van der Waals surface area contributed by atoms with Gasteiger partial charge in [0.15, 0.2) is 0 Å². The number of hydrogen-bond acceptors (Lipinski definition) is 5. The van der Waals surface area contributed by atoms with Crippen LogP contribution in [-0.4, -0.2) is 30.5 Å². The van der Waals surface area contributed by atoms with Crippen molar-refractivity contribution in [3.8, 4) is 5.75 Å². The Bertz CT molecular complexity index is 468. The normalized spacial score (nSPS) is 12.8. The Balaban J connectivity index is 2.75. The van der Waals surface area contributed by atoms with Crippen molar-refractivity contribution in [3.05, 3.63) is 29.8 Å². The molecule has 0 radical (unpaired) electrons. The summed E-state index contributed by atoms with van der Waals surface area (Å²) in [4.78, 5) is 17.1. The number of nitrogens with zero attached hydrogens (tertiary/aromatic N) is 1. The minimum absolute atomic E-state index is 0.196. The average molecular weight is 293 g/mol. The molecule has 21 heavy (non-hydrogen) atoms. The van der Waals surface area contributed by atoms with Crippen LogP contribution in [0.5, 0.6) is 5.75 Å². The molecule has 5 heteroatoms. The van der Waals surface area contributed by atoms with Gasteiger partial charge in [-0.3, -0.25) is 4.79 Å². The molecule has 1 atom stereocenters. The number of ether oxygens (including phenoxy) is 1. The van der Waals surface area contributed by atoms with E-state index in [1.807, 2.05) is 0 Å². The molecule has 0 bridgehead atoms. The first-order valence-electron chi connectivity index (χ1n) is 7.10. The molecule has 0 fully saturated rings. The maximum absolute atomic E-state index is 11.9. The number of benzene rings is 1. The van der Waals surface area contributed by atoms with E-state index < -0.39 is 5.92 Å². The van der Waals surface area contributed by atoms with Gasteiger partial charge in [-0.25, -0.2) is 0 Å². The number of aromatic hydroxyl groups is 1. The van der Waals surface area contributed by atoms with Gasteiger partial charge >= 0.3 is 5.97 Å². The highest BCUT2D eigenvalue weighted by molar-refractivity contribution is 6.00. The second-order valence-corrected chi connectivity index (χ2v) is 4.87. The van der Waals surface area contributed by atoms with Crippen molar-refractivity contribution in [1.29, 1.82) is 0 Å². The van der Waals surface area contributed by atoms with Gasteiger partial charge in [-0.1, -0.05) is 30.6 Å². The standard InChI is InChI=1S/C16H23NO4/c1-4-5-10-21-17-12(2)15(16(19)20-3)11-13-6-8-14(18)9-7-13/h6-9,15,18H,4-5,10-11H2,1-3H3/b17-12-. The van der Waals surface area contributed by atoms with Crippen molar-refractivity contribution in [1.82, 2.24) is 0 Å². The van der Waals surface area contributed by atoms with E-state index in [1.54, 1.807) is 31.2 Å². The van der Waals surface area contributed by atoms with Crippen LogP contribution < -0.4 is 0 Å². The summed E-state index contributed by atoms with van der Waals surface area (Å²) in [6.45, 7) is 4.37. The van der Waals surface area contributed by atoms with Gasteiger partial charge < -0.3 is 14.7 Å². The summed E-state index contributed by atoms with van der Waals surface area (Å²) < 4.78 is 4.83. The first-order chi connectivity index (χ1) is 10.1. The summed E-state index contributed by atoms with van der Waals surface area (Å²) >= 11 is 0. The van der Waals surface area contributed by atoms with Crippen LogP contribution in [0.3, 0.4) is 0 Å². The Morgan fingerprint density at radius 3 is 2.57 bits per heavy atom. The van der Waals surface area contributed by atoms with Gasteiger partial charge in [-0.2, -0.15) is 0 Å². The lowest BCUT2D eigenvalue weighted by Crippen LogP contribution is -2.26. The van der Waals surface area contributed by atoms with Gasteiger partial charge in [0, 0.05) is 0 Å². The third kappa shape index (κ3) is 5.85. The van der Waals surface area contributed by atoms with Crippen LogP contribution in [0.2, 0.25) is 0 Å². The molecular weight excluding hydrogens is 270 g/mol. The van der Waals surface area contributed by atoms with E-state index in [0.29, 0.717) is 18.7 Å². The molecule has 0 heterocycles. The summed E-state index contributed by atoms with van der Waals surface area (Å²) in [7, 11) is 1.36. The topological polar surface area (TPSA) is 68.1 Å². The molecule has 1 aromatic carbocycles. The number of carbonyl (C=O) groups is 1. The van der Waals surface area contributed by atoms with E-state index in [2.05, 4.69) is 12.1 Å². The van der Waals surface area contributed by atoms with E-state index >= 15 is 0 Å². The summed E-state index contributed by atoms with van der Waals surface area (Å²) in [5.74, 6) is -0.633. The zero-order valence-corrected chi connectivity index (χ0v) is 12.8. The van der Waals surface area contributed by atoms with E-state index in [0.717, 1.165) is 18.4 Å². The van der Waals surface area contributed by atoms with E-state index in [-0.39, 0.29) is 11.7 Å². The lowest BCUT2D eigenvalue weighted by molar-refractivity contribution is -0.143. The minimum atomic E-state index is -0.485. The third-order valence-electron chi connectivity index (χ3n) is 3.16. The molecule has 0 saturated carbocycles. The van der Waals surface area contributed by atoms with Crippen molar-refractivity contribution < 1.29 is 19.5 Å². The lowest BCUT2D eigenvalue weighted by Gasteiger charge is -2.14. The number of phenolic OH excluding ortho intramolecular Hbond substituents is 1. The van der Waals surface area contributed by atoms with Crippen molar-refractivity contribution in [2.75, 3.05) is 13.7 Å². The minimum Gasteiger partial charge on any atom is -0.508 e. The van der Waals surface area contributed by atoms with Crippen molar-refractivity contribution in [3.63, 3.8) is 0 Å². The average Bonchev–Trinajstić information content (AvgIpc) is 2.50. The Kier molecular flexibility index (Phi) is 7.29. The molecule has 0 amide bonds. The maximum Gasteiger partial charge on any atom is 0.314 e. The van der Waals surface area contributed by atoms with Gasteiger partial charge in [0.25, 0.3) is 0 Å². The van der Waals surface area contributed by atoms with Gasteiger partial charge in [0.05, 0.1) is 12.8 Å². The smallest absolute Gasteiger partial charge is 0.314 e. The highest BCUT2D eigenvalue weighted by atomic mass is 16.6. The van der Waals surface area contributed by atoms with Crippen molar-refractivity contribution in [2.24, 2.45) is 11.1 Å². The van der Waals surface area contributed by atoms with Crippen molar-refractivity contribution in [2.45, 2.75) is 33.1 Å². The molecule has 1 unspecified atom stereocenters. The van der Waals surface area contributed by atoms with Crippen LogP contribution in [0.4, 0.5) is 0 Å². The van der Waals surface area contributed by atoms with E-state index in [4.69, 9.17) is 9.57 Å². The highest BCUT2D eigenvalue weighted by Gasteiger charge is 2.23. The summed E-state index contributed by atoms with van der Waals surface area (Å²) in [6.07, 6.45) is 2.42. The molecule has 1 N–H and O–H groups in total. The van der Waals surface area contributed by atoms with Crippen LogP contribution in [0, 0.1) is 5.92 Å². The SMILES string of the molecule is CCCCO/N=C(/C)C(Cc1ccc(O)cc1)C(=O)OC. The van der Waals surface area contributed by atoms with Gasteiger partial charge in [0.2, 0.25) is 0 Å². The fourth-order valence-electron chi connectivity index (χ4n) is 1.83. The molecule has 0 aliphatic rings. The maximum atomic E-state index is 11.9. The fraction of sp³-hybridized carbons (Fsp3) is 0.500. The predicted molar refractivity (Wildman–Crippen MR) is 81.3 cm³/mol. The van der Waals surface area contributed by atoms with Gasteiger partial charge in [-0.15, -0.1) is 0 Å². The number of carbonyl (C=O) groups excluding carboxylic acids is 1. The zero-order valence-electron chi connectivity index (χ0n) is 12.8. The molecule has 1 rings (SSSR count). The van der Waals surface area contributed by atoms with Crippen LogP contribution in [-0.2, 0) is 20.8 Å². The highest BCUT2D eigenvalue weighted by Crippen LogP contribution is 2.16. The molecule has 0 spiro atoms. The number of unbranched alkanes of at least 4 members (excludes halogenated alkanes) is 1. The first kappa shape index (κ1) is 17.0. The number of phenols is 1. The molecule has 0 aliphatic carbocycles. The quantitative estimate of drug-likeness (QED) is 0.346. The molecule has 5 nitrogen and oxygen atoms in total. The van der Waals surface area contributed by atoms with Crippen LogP contribution in [0.15, 0.2) is 29.4 Å². The first-order valence-corrected chi connectivity index (χ1v) is 7.10. The molecule has 0 saturated heterocycles. The van der Waals surface area contributed by atoms with Crippen LogP contribution >= 0.6 is 0 Å². The second kappa shape index (κ2) is 9.00. The molecule has 0 aliphatic heterocycles. The summed E-state index contributed by atoms with van der Waals surface area (Å²) in [6, 6.07) is 6.73. The summed E-state index contributed by atoms with van der Waals surface area (Å²) in [5, 5.41) is 13.3. The Labute approximate surface area is 125 Å². The molecule has 116 valence electrons. The lowest BCUT2D eigenvalue weighted by atomic mass is 9.95. The third-order valence-corrected chi connectivity index (χ3v) is 3.16. The monoisotopic (exact) mass is 293 g/mol. The number of methoxy groups -OCH3 is 1. The van der Waals surface area contributed by atoms with Gasteiger partial charge in [-0.05, 0) is 37.5 Å². The predicted octanol–water partition coefficient (Wildman–Crippen LogP) is 2.92. The molecular formula is C16H23NO4. The van der Waals surface area contributed by atoms with Crippen LogP contribution in [0.1, 0.15) is 32.3 Å². The second-order valence-electron chi connectivity index (χ2n) is 4.87. The number of oxime groups is 1. The van der Waals surface area contributed by atoms with Crippen LogP contribution in [0.25, 0.3) is 0 Å². The van der Waals surface area contributed by atoms with Crippen molar-refractivity contribution >= 4 is 11.7 Å². The number of hydrogen-bond donors (Lipinski definition) is 1. The van der Waals surface area contributed by atoms with E-state index in [9.17, 15) is 9.90 Å². The number of rotatable bonds is 8. The fourth-order valence-corrected chi connectivity index (χ4v) is 1.83. The van der Waals surface area contributed by atoms with E-state index in [1.165, 1.54) is 7.11 Å². The largest absolute Gasteiger partial charge is 0.508 e. The summed E-state index contributed by atoms with van der Waals surface area (Å²) in [5.41, 5.74) is 1.51. The van der Waals surface area contributed by atoms with Gasteiger partial charge in [0.1, 0.15) is 18.3 Å².